The fourth-order valence-corrected chi connectivity index (χ4v) is 2.81. The average molecular weight is 290 g/mol. The summed E-state index contributed by atoms with van der Waals surface area (Å²) in [5, 5.41) is 9.10. The molecule has 2 aromatic rings. The zero-order chi connectivity index (χ0) is 14.7. The van der Waals surface area contributed by atoms with Gasteiger partial charge in [0.1, 0.15) is 11.5 Å². The maximum atomic E-state index is 11.4. The summed E-state index contributed by atoms with van der Waals surface area (Å²) in [6.07, 6.45) is 0. The predicted octanol–water partition coefficient (Wildman–Crippen LogP) is 3.78. The zero-order valence-electron chi connectivity index (χ0n) is 11.2. The molecule has 0 fully saturated rings. The van der Waals surface area contributed by atoms with Crippen molar-refractivity contribution in [2.24, 2.45) is 0 Å². The Morgan fingerprint density at radius 3 is 2.55 bits per heavy atom. The Morgan fingerprint density at radius 2 is 1.95 bits per heavy atom. The molecule has 0 atom stereocenters. The van der Waals surface area contributed by atoms with Crippen LogP contribution in [-0.4, -0.2) is 16.9 Å². The van der Waals surface area contributed by atoms with Crippen LogP contribution in [0, 0.1) is 6.92 Å². The average Bonchev–Trinajstić information content (AvgIpc) is 2.78. The Kier molecular flexibility index (Phi) is 4.29. The van der Waals surface area contributed by atoms with E-state index in [4.69, 9.17) is 9.52 Å². The second-order valence-electron chi connectivity index (χ2n) is 4.33. The van der Waals surface area contributed by atoms with Gasteiger partial charge in [-0.2, -0.15) is 0 Å². The van der Waals surface area contributed by atoms with Gasteiger partial charge in [-0.05, 0) is 32.0 Å². The van der Waals surface area contributed by atoms with E-state index in [-0.39, 0.29) is 11.3 Å². The summed E-state index contributed by atoms with van der Waals surface area (Å²) < 4.78 is 5.51. The second kappa shape index (κ2) is 5.96. The summed E-state index contributed by atoms with van der Waals surface area (Å²) in [6, 6.07) is 8.53. The Balaban J connectivity index is 2.15. The first-order chi connectivity index (χ1) is 9.49. The van der Waals surface area contributed by atoms with Crippen molar-refractivity contribution in [3.05, 3.63) is 53.0 Å². The molecule has 0 aliphatic carbocycles. The quantitative estimate of drug-likeness (QED) is 0.670. The molecule has 0 bridgehead atoms. The molecule has 0 aliphatic rings. The summed E-state index contributed by atoms with van der Waals surface area (Å²) >= 11 is 1.38. The van der Waals surface area contributed by atoms with Gasteiger partial charge in [-0.3, -0.25) is 4.79 Å². The highest BCUT2D eigenvalue weighted by atomic mass is 32.2. The van der Waals surface area contributed by atoms with Crippen LogP contribution in [0.5, 0.6) is 0 Å². The number of thioether (sulfide) groups is 1. The molecule has 20 heavy (non-hydrogen) atoms. The molecule has 0 unspecified atom stereocenters. The van der Waals surface area contributed by atoms with E-state index >= 15 is 0 Å². The summed E-state index contributed by atoms with van der Waals surface area (Å²) in [7, 11) is 0. The molecule has 1 aromatic carbocycles. The van der Waals surface area contributed by atoms with E-state index in [0.717, 1.165) is 0 Å². The third kappa shape index (κ3) is 3.11. The fourth-order valence-electron chi connectivity index (χ4n) is 1.88. The number of Topliss-reactive ketones (excluding diaryl/α,β-unsaturated/α-hetero) is 1. The van der Waals surface area contributed by atoms with Crippen molar-refractivity contribution >= 4 is 23.5 Å². The molecule has 1 heterocycles. The predicted molar refractivity (Wildman–Crippen MR) is 76.4 cm³/mol. The molecule has 104 valence electrons. The lowest BCUT2D eigenvalue weighted by Crippen LogP contribution is -1.98. The van der Waals surface area contributed by atoms with Crippen molar-refractivity contribution in [2.75, 3.05) is 0 Å². The zero-order valence-corrected chi connectivity index (χ0v) is 12.0. The Bertz CT molecular complexity index is 658. The molecule has 4 nitrogen and oxygen atoms in total. The number of hydrogen-bond donors (Lipinski definition) is 1. The monoisotopic (exact) mass is 290 g/mol. The number of hydrogen-bond acceptors (Lipinski definition) is 4. The standard InChI is InChI=1S/C15H14O4S/c1-9(16)13-7-11(19-10(13)2)8-20-14-6-4-3-5-12(14)15(17)18/h3-7H,8H2,1-2H3,(H,17,18). The Hall–Kier alpha value is -2.01. The maximum absolute atomic E-state index is 11.4. The minimum absolute atomic E-state index is 0.0339. The molecule has 0 saturated heterocycles. The van der Waals surface area contributed by atoms with E-state index < -0.39 is 5.97 Å². The largest absolute Gasteiger partial charge is 0.478 e. The molecule has 5 heteroatoms. The van der Waals surface area contributed by atoms with Crippen LogP contribution in [0.25, 0.3) is 0 Å². The van der Waals surface area contributed by atoms with Crippen LogP contribution in [0.4, 0.5) is 0 Å². The van der Waals surface area contributed by atoms with Crippen LogP contribution in [0.15, 0.2) is 39.6 Å². The first kappa shape index (κ1) is 14.4. The first-order valence-electron chi connectivity index (χ1n) is 6.04. The van der Waals surface area contributed by atoms with Crippen molar-refractivity contribution in [2.45, 2.75) is 24.5 Å². The minimum Gasteiger partial charge on any atom is -0.478 e. The highest BCUT2D eigenvalue weighted by Gasteiger charge is 2.13. The van der Waals surface area contributed by atoms with Gasteiger partial charge in [0.25, 0.3) is 0 Å². The molecule has 0 amide bonds. The van der Waals surface area contributed by atoms with Gasteiger partial charge < -0.3 is 9.52 Å². The van der Waals surface area contributed by atoms with Gasteiger partial charge in [-0.25, -0.2) is 4.79 Å². The molecule has 0 saturated carbocycles. The third-order valence-corrected chi connectivity index (χ3v) is 3.93. The van der Waals surface area contributed by atoms with E-state index in [1.807, 2.05) is 0 Å². The SMILES string of the molecule is CC(=O)c1cc(CSc2ccccc2C(=O)O)oc1C. The summed E-state index contributed by atoms with van der Waals surface area (Å²) in [6.45, 7) is 3.24. The lowest BCUT2D eigenvalue weighted by Gasteiger charge is -2.03. The topological polar surface area (TPSA) is 67.5 Å². The fraction of sp³-hybridized carbons (Fsp3) is 0.200. The number of carbonyl (C=O) groups is 2. The van der Waals surface area contributed by atoms with Crippen LogP contribution in [-0.2, 0) is 5.75 Å². The minimum atomic E-state index is -0.951. The maximum Gasteiger partial charge on any atom is 0.336 e. The number of aromatic carboxylic acids is 1. The van der Waals surface area contributed by atoms with Crippen molar-refractivity contribution in [1.82, 2.24) is 0 Å². The van der Waals surface area contributed by atoms with Gasteiger partial charge in [0.15, 0.2) is 5.78 Å². The van der Waals surface area contributed by atoms with Gasteiger partial charge >= 0.3 is 5.97 Å². The lowest BCUT2D eigenvalue weighted by molar-refractivity contribution is 0.0693. The number of furan rings is 1. The van der Waals surface area contributed by atoms with E-state index in [1.165, 1.54) is 18.7 Å². The lowest BCUT2D eigenvalue weighted by atomic mass is 10.2. The van der Waals surface area contributed by atoms with E-state index in [2.05, 4.69) is 0 Å². The van der Waals surface area contributed by atoms with Crippen LogP contribution in [0.2, 0.25) is 0 Å². The van der Waals surface area contributed by atoms with Gasteiger partial charge in [0, 0.05) is 4.90 Å². The van der Waals surface area contributed by atoms with Crippen molar-refractivity contribution in [1.29, 1.82) is 0 Å². The Morgan fingerprint density at radius 1 is 1.25 bits per heavy atom. The summed E-state index contributed by atoms with van der Waals surface area (Å²) in [5.74, 6) is 0.761. The summed E-state index contributed by atoms with van der Waals surface area (Å²) in [5.41, 5.74) is 0.847. The van der Waals surface area contributed by atoms with Crippen molar-refractivity contribution < 1.29 is 19.1 Å². The number of carboxylic acids is 1. The van der Waals surface area contributed by atoms with Crippen molar-refractivity contribution in [3.8, 4) is 0 Å². The van der Waals surface area contributed by atoms with Crippen molar-refractivity contribution in [3.63, 3.8) is 0 Å². The molecule has 2 rings (SSSR count). The highest BCUT2D eigenvalue weighted by Crippen LogP contribution is 2.28. The van der Waals surface area contributed by atoms with Crippen LogP contribution in [0.1, 0.15) is 39.2 Å². The molecule has 0 radical (unpaired) electrons. The molecule has 0 spiro atoms. The van der Waals surface area contributed by atoms with Gasteiger partial charge in [0.05, 0.1) is 16.9 Å². The molecular formula is C15H14O4S. The number of aryl methyl sites for hydroxylation is 1. The molecule has 1 N–H and O–H groups in total. The van der Waals surface area contributed by atoms with E-state index in [1.54, 1.807) is 37.3 Å². The summed E-state index contributed by atoms with van der Waals surface area (Å²) in [4.78, 5) is 23.1. The first-order valence-corrected chi connectivity index (χ1v) is 7.03. The van der Waals surface area contributed by atoms with Gasteiger partial charge in [-0.15, -0.1) is 11.8 Å². The number of carbonyl (C=O) groups excluding carboxylic acids is 1. The third-order valence-electron chi connectivity index (χ3n) is 2.84. The van der Waals surface area contributed by atoms with E-state index in [9.17, 15) is 9.59 Å². The van der Waals surface area contributed by atoms with Gasteiger partial charge in [-0.1, -0.05) is 12.1 Å². The van der Waals surface area contributed by atoms with Crippen LogP contribution in [0.3, 0.4) is 0 Å². The molecule has 1 aromatic heterocycles. The molecule has 0 aliphatic heterocycles. The highest BCUT2D eigenvalue weighted by molar-refractivity contribution is 7.98. The van der Waals surface area contributed by atoms with Gasteiger partial charge in [0.2, 0.25) is 0 Å². The number of benzene rings is 1. The molecular weight excluding hydrogens is 276 g/mol. The normalized spacial score (nSPS) is 10.5. The number of carboxylic acid groups (broad SMARTS) is 1. The van der Waals surface area contributed by atoms with Crippen LogP contribution < -0.4 is 0 Å². The number of ketones is 1. The second-order valence-corrected chi connectivity index (χ2v) is 5.35. The smallest absolute Gasteiger partial charge is 0.336 e. The van der Waals surface area contributed by atoms with Crippen LogP contribution >= 0.6 is 11.8 Å². The Labute approximate surface area is 120 Å². The number of rotatable bonds is 5. The van der Waals surface area contributed by atoms with E-state index in [0.29, 0.717) is 27.7 Å².